The number of benzene rings is 1. The van der Waals surface area contributed by atoms with Crippen LogP contribution in [0.1, 0.15) is 23.7 Å². The predicted molar refractivity (Wildman–Crippen MR) is 81.0 cm³/mol. The van der Waals surface area contributed by atoms with Crippen LogP contribution >= 0.6 is 0 Å². The van der Waals surface area contributed by atoms with Gasteiger partial charge in [-0.05, 0) is 38.3 Å². The molecule has 0 amide bonds. The van der Waals surface area contributed by atoms with Gasteiger partial charge in [-0.2, -0.15) is 0 Å². The number of nitrogens with zero attached hydrogens (tertiary/aromatic N) is 1. The standard InChI is InChI=1S/C16H22N2O/c1-5-17-15-11(2)12(3)18-16-13(9-10-19-4)7-6-8-14(15)16/h6-8H,5,9-10H2,1-4H3,(H,17,18). The van der Waals surface area contributed by atoms with Gasteiger partial charge in [-0.3, -0.25) is 4.98 Å². The molecule has 0 aliphatic rings. The molecule has 102 valence electrons. The van der Waals surface area contributed by atoms with Gasteiger partial charge in [-0.1, -0.05) is 18.2 Å². The molecule has 1 heterocycles. The van der Waals surface area contributed by atoms with E-state index in [1.165, 1.54) is 22.2 Å². The Bertz CT molecular complexity index is 578. The Morgan fingerprint density at radius 1 is 1.26 bits per heavy atom. The van der Waals surface area contributed by atoms with Gasteiger partial charge in [0.05, 0.1) is 12.1 Å². The summed E-state index contributed by atoms with van der Waals surface area (Å²) in [6.45, 7) is 7.96. The minimum absolute atomic E-state index is 0.726. The summed E-state index contributed by atoms with van der Waals surface area (Å²) in [6, 6.07) is 6.38. The van der Waals surface area contributed by atoms with Crippen molar-refractivity contribution in [1.82, 2.24) is 4.98 Å². The van der Waals surface area contributed by atoms with Gasteiger partial charge in [0.15, 0.2) is 0 Å². The Morgan fingerprint density at radius 3 is 2.74 bits per heavy atom. The van der Waals surface area contributed by atoms with Crippen molar-refractivity contribution in [3.05, 3.63) is 35.0 Å². The molecule has 1 aromatic carbocycles. The first kappa shape index (κ1) is 13.8. The first-order valence-electron chi connectivity index (χ1n) is 6.80. The summed E-state index contributed by atoms with van der Waals surface area (Å²) in [6.07, 6.45) is 0.898. The van der Waals surface area contributed by atoms with E-state index >= 15 is 0 Å². The Morgan fingerprint density at radius 2 is 2.05 bits per heavy atom. The molecule has 0 saturated carbocycles. The van der Waals surface area contributed by atoms with Crippen LogP contribution < -0.4 is 5.32 Å². The van der Waals surface area contributed by atoms with Crippen LogP contribution in [0.25, 0.3) is 10.9 Å². The predicted octanol–water partition coefficient (Wildman–Crippen LogP) is 3.47. The van der Waals surface area contributed by atoms with Gasteiger partial charge in [0.2, 0.25) is 0 Å². The highest BCUT2D eigenvalue weighted by atomic mass is 16.5. The van der Waals surface area contributed by atoms with Gasteiger partial charge in [0.25, 0.3) is 0 Å². The van der Waals surface area contributed by atoms with Crippen molar-refractivity contribution < 1.29 is 4.74 Å². The van der Waals surface area contributed by atoms with E-state index in [-0.39, 0.29) is 0 Å². The molecule has 0 saturated heterocycles. The van der Waals surface area contributed by atoms with Crippen LogP contribution in [-0.2, 0) is 11.2 Å². The van der Waals surface area contributed by atoms with Gasteiger partial charge in [0.1, 0.15) is 0 Å². The number of methoxy groups -OCH3 is 1. The van der Waals surface area contributed by atoms with Crippen molar-refractivity contribution in [3.8, 4) is 0 Å². The van der Waals surface area contributed by atoms with Gasteiger partial charge >= 0.3 is 0 Å². The van der Waals surface area contributed by atoms with Crippen molar-refractivity contribution >= 4 is 16.6 Å². The zero-order chi connectivity index (χ0) is 13.8. The second kappa shape index (κ2) is 6.02. The van der Waals surface area contributed by atoms with Crippen molar-refractivity contribution in [3.63, 3.8) is 0 Å². The highest BCUT2D eigenvalue weighted by molar-refractivity contribution is 5.95. The molecule has 0 unspecified atom stereocenters. The second-order valence-electron chi connectivity index (χ2n) is 4.78. The van der Waals surface area contributed by atoms with Crippen LogP contribution in [-0.4, -0.2) is 25.2 Å². The van der Waals surface area contributed by atoms with E-state index in [4.69, 9.17) is 9.72 Å². The average Bonchev–Trinajstić information content (AvgIpc) is 2.42. The summed E-state index contributed by atoms with van der Waals surface area (Å²) in [4.78, 5) is 4.78. The molecule has 0 aliphatic heterocycles. The van der Waals surface area contributed by atoms with Crippen LogP contribution in [0.5, 0.6) is 0 Å². The third-order valence-corrected chi connectivity index (χ3v) is 3.52. The third kappa shape index (κ3) is 2.71. The lowest BCUT2D eigenvalue weighted by Crippen LogP contribution is -2.05. The molecular weight excluding hydrogens is 236 g/mol. The first-order valence-corrected chi connectivity index (χ1v) is 6.80. The Kier molecular flexibility index (Phi) is 4.38. The molecule has 1 N–H and O–H groups in total. The summed E-state index contributed by atoms with van der Waals surface area (Å²) in [7, 11) is 1.73. The lowest BCUT2D eigenvalue weighted by Gasteiger charge is -2.15. The molecule has 1 aromatic heterocycles. The zero-order valence-corrected chi connectivity index (χ0v) is 12.2. The number of hydrogen-bond acceptors (Lipinski definition) is 3. The van der Waals surface area contributed by atoms with Crippen molar-refractivity contribution in [2.24, 2.45) is 0 Å². The molecule has 3 nitrogen and oxygen atoms in total. The molecule has 0 atom stereocenters. The number of para-hydroxylation sites is 1. The van der Waals surface area contributed by atoms with E-state index in [9.17, 15) is 0 Å². The molecule has 0 radical (unpaired) electrons. The van der Waals surface area contributed by atoms with Gasteiger partial charge in [0, 0.05) is 30.4 Å². The molecule has 2 aromatic rings. The van der Waals surface area contributed by atoms with Crippen molar-refractivity contribution in [2.75, 3.05) is 25.6 Å². The number of aromatic nitrogens is 1. The zero-order valence-electron chi connectivity index (χ0n) is 12.2. The van der Waals surface area contributed by atoms with E-state index in [2.05, 4.69) is 44.3 Å². The van der Waals surface area contributed by atoms with Crippen molar-refractivity contribution in [1.29, 1.82) is 0 Å². The fourth-order valence-corrected chi connectivity index (χ4v) is 2.38. The summed E-state index contributed by atoms with van der Waals surface area (Å²) >= 11 is 0. The molecule has 0 fully saturated rings. The molecule has 0 aliphatic carbocycles. The number of rotatable bonds is 5. The van der Waals surface area contributed by atoms with E-state index < -0.39 is 0 Å². The number of fused-ring (bicyclic) bond motifs is 1. The monoisotopic (exact) mass is 258 g/mol. The topological polar surface area (TPSA) is 34.2 Å². The molecule has 0 bridgehead atoms. The third-order valence-electron chi connectivity index (χ3n) is 3.52. The Labute approximate surface area is 115 Å². The smallest absolute Gasteiger partial charge is 0.0758 e. The summed E-state index contributed by atoms with van der Waals surface area (Å²) in [5, 5.41) is 4.68. The molecule has 19 heavy (non-hydrogen) atoms. The SMILES string of the molecule is CCNc1c(C)c(C)nc2c(CCOC)cccc12. The van der Waals surface area contributed by atoms with Crippen LogP contribution in [0.15, 0.2) is 18.2 Å². The molecular formula is C16H22N2O. The van der Waals surface area contributed by atoms with E-state index in [0.29, 0.717) is 0 Å². The number of anilines is 1. The largest absolute Gasteiger partial charge is 0.385 e. The number of ether oxygens (including phenoxy) is 1. The minimum Gasteiger partial charge on any atom is -0.385 e. The fourth-order valence-electron chi connectivity index (χ4n) is 2.38. The van der Waals surface area contributed by atoms with Gasteiger partial charge in [-0.15, -0.1) is 0 Å². The maximum Gasteiger partial charge on any atom is 0.0758 e. The fraction of sp³-hybridized carbons (Fsp3) is 0.438. The van der Waals surface area contributed by atoms with E-state index in [0.717, 1.165) is 30.8 Å². The van der Waals surface area contributed by atoms with E-state index in [1.807, 2.05) is 0 Å². The maximum atomic E-state index is 5.18. The molecule has 0 spiro atoms. The lowest BCUT2D eigenvalue weighted by atomic mass is 10.0. The highest BCUT2D eigenvalue weighted by Crippen LogP contribution is 2.29. The number of aryl methyl sites for hydroxylation is 1. The second-order valence-corrected chi connectivity index (χ2v) is 4.78. The van der Waals surface area contributed by atoms with Crippen molar-refractivity contribution in [2.45, 2.75) is 27.2 Å². The summed E-state index contributed by atoms with van der Waals surface area (Å²) < 4.78 is 5.18. The van der Waals surface area contributed by atoms with Crippen LogP contribution in [0.4, 0.5) is 5.69 Å². The summed E-state index contributed by atoms with van der Waals surface area (Å²) in [5.74, 6) is 0. The first-order chi connectivity index (χ1) is 9.19. The highest BCUT2D eigenvalue weighted by Gasteiger charge is 2.11. The normalized spacial score (nSPS) is 10.9. The number of pyridine rings is 1. The molecule has 3 heteroatoms. The van der Waals surface area contributed by atoms with Gasteiger partial charge < -0.3 is 10.1 Å². The van der Waals surface area contributed by atoms with Crippen LogP contribution in [0, 0.1) is 13.8 Å². The minimum atomic E-state index is 0.726. The summed E-state index contributed by atoms with van der Waals surface area (Å²) in [5.41, 5.74) is 5.89. The lowest BCUT2D eigenvalue weighted by molar-refractivity contribution is 0.202. The van der Waals surface area contributed by atoms with Crippen LogP contribution in [0.3, 0.4) is 0 Å². The number of hydrogen-bond donors (Lipinski definition) is 1. The Hall–Kier alpha value is -1.61. The van der Waals surface area contributed by atoms with Gasteiger partial charge in [-0.25, -0.2) is 0 Å². The average molecular weight is 258 g/mol. The maximum absolute atomic E-state index is 5.18. The molecule has 2 rings (SSSR count). The van der Waals surface area contributed by atoms with E-state index in [1.54, 1.807) is 7.11 Å². The van der Waals surface area contributed by atoms with Crippen LogP contribution in [0.2, 0.25) is 0 Å². The Balaban J connectivity index is 2.63. The quantitative estimate of drug-likeness (QED) is 0.891. The number of nitrogens with one attached hydrogen (secondary N) is 1.